The highest BCUT2D eigenvalue weighted by Crippen LogP contribution is 2.29. The summed E-state index contributed by atoms with van der Waals surface area (Å²) in [7, 11) is 1.62. The largest absolute Gasteiger partial charge is 0.481 e. The van der Waals surface area contributed by atoms with Gasteiger partial charge in [0.15, 0.2) is 10.4 Å². The van der Waals surface area contributed by atoms with Crippen LogP contribution in [0.3, 0.4) is 0 Å². The van der Waals surface area contributed by atoms with Crippen LogP contribution in [0, 0.1) is 4.77 Å². The fourth-order valence-electron chi connectivity index (χ4n) is 2.15. The predicted molar refractivity (Wildman–Crippen MR) is 75.7 cm³/mol. The van der Waals surface area contributed by atoms with Crippen LogP contribution in [-0.2, 0) is 5.54 Å². The molecule has 0 bridgehead atoms. The van der Waals surface area contributed by atoms with Crippen LogP contribution in [0.15, 0.2) is 12.1 Å². The Kier molecular flexibility index (Phi) is 3.43. The number of pyridine rings is 1. The standard InChI is InChI=1S/C13H19N3OS/c1-5-13(3,6-2)16-11-9(14-12(16)18)7-8-10(15-11)17-4/h7-8H,5-6H2,1-4H3,(H,14,18). The Labute approximate surface area is 112 Å². The molecule has 5 heteroatoms. The molecular weight excluding hydrogens is 246 g/mol. The van der Waals surface area contributed by atoms with E-state index in [1.807, 2.05) is 12.1 Å². The second kappa shape index (κ2) is 4.72. The van der Waals surface area contributed by atoms with Crippen LogP contribution < -0.4 is 4.74 Å². The number of imidazole rings is 1. The number of fused-ring (bicyclic) bond motifs is 1. The monoisotopic (exact) mass is 265 g/mol. The number of H-pyrrole nitrogens is 1. The molecule has 0 aliphatic carbocycles. The molecule has 0 radical (unpaired) electrons. The molecule has 18 heavy (non-hydrogen) atoms. The number of ether oxygens (including phenoxy) is 1. The van der Waals surface area contributed by atoms with Crippen molar-refractivity contribution in [3.05, 3.63) is 16.9 Å². The minimum Gasteiger partial charge on any atom is -0.481 e. The van der Waals surface area contributed by atoms with E-state index < -0.39 is 0 Å². The van der Waals surface area contributed by atoms with Crippen molar-refractivity contribution in [1.82, 2.24) is 14.5 Å². The SMILES string of the molecule is CCC(C)(CC)n1c(=S)[nH]c2ccc(OC)nc21. The summed E-state index contributed by atoms with van der Waals surface area (Å²) in [6, 6.07) is 3.80. The van der Waals surface area contributed by atoms with E-state index in [0.29, 0.717) is 5.88 Å². The van der Waals surface area contributed by atoms with Crippen LogP contribution in [0.5, 0.6) is 5.88 Å². The van der Waals surface area contributed by atoms with Gasteiger partial charge in [0.2, 0.25) is 5.88 Å². The van der Waals surface area contributed by atoms with Crippen LogP contribution in [-0.4, -0.2) is 21.6 Å². The van der Waals surface area contributed by atoms with Crippen LogP contribution in [0.25, 0.3) is 11.2 Å². The molecule has 0 saturated carbocycles. The first-order valence-corrected chi connectivity index (χ1v) is 6.62. The van der Waals surface area contributed by atoms with Gasteiger partial charge in [-0.15, -0.1) is 0 Å². The number of aromatic nitrogens is 3. The Morgan fingerprint density at radius 2 is 2.06 bits per heavy atom. The first kappa shape index (κ1) is 13.1. The topological polar surface area (TPSA) is 42.8 Å². The third kappa shape index (κ3) is 1.92. The highest BCUT2D eigenvalue weighted by Gasteiger charge is 2.25. The van der Waals surface area contributed by atoms with Gasteiger partial charge in [-0.25, -0.2) is 0 Å². The fraction of sp³-hybridized carbons (Fsp3) is 0.538. The van der Waals surface area contributed by atoms with E-state index in [-0.39, 0.29) is 5.54 Å². The number of hydrogen-bond acceptors (Lipinski definition) is 3. The van der Waals surface area contributed by atoms with Crippen LogP contribution in [0.1, 0.15) is 33.6 Å². The molecule has 0 aliphatic rings. The van der Waals surface area contributed by atoms with Crippen molar-refractivity contribution in [3.8, 4) is 5.88 Å². The van der Waals surface area contributed by atoms with Crippen molar-refractivity contribution in [2.45, 2.75) is 39.2 Å². The molecular formula is C13H19N3OS. The Morgan fingerprint density at radius 1 is 1.39 bits per heavy atom. The summed E-state index contributed by atoms with van der Waals surface area (Å²) in [6.45, 7) is 6.55. The van der Waals surface area contributed by atoms with Gasteiger partial charge in [0.05, 0.1) is 12.6 Å². The first-order valence-electron chi connectivity index (χ1n) is 6.22. The number of nitrogens with one attached hydrogen (secondary N) is 1. The van der Waals surface area contributed by atoms with Crippen molar-refractivity contribution in [2.75, 3.05) is 7.11 Å². The van der Waals surface area contributed by atoms with Crippen molar-refractivity contribution >= 4 is 23.4 Å². The van der Waals surface area contributed by atoms with Gasteiger partial charge in [-0.05, 0) is 38.0 Å². The zero-order valence-corrected chi connectivity index (χ0v) is 12.1. The molecule has 0 amide bonds. The lowest BCUT2D eigenvalue weighted by Gasteiger charge is -2.29. The summed E-state index contributed by atoms with van der Waals surface area (Å²) in [5.41, 5.74) is 1.80. The molecule has 2 heterocycles. The van der Waals surface area contributed by atoms with Crippen molar-refractivity contribution in [1.29, 1.82) is 0 Å². The Hall–Kier alpha value is -1.36. The fourth-order valence-corrected chi connectivity index (χ4v) is 2.56. The lowest BCUT2D eigenvalue weighted by molar-refractivity contribution is 0.297. The van der Waals surface area contributed by atoms with Gasteiger partial charge in [-0.3, -0.25) is 4.57 Å². The third-order valence-electron chi connectivity index (χ3n) is 3.78. The molecule has 4 nitrogen and oxygen atoms in total. The van der Waals surface area contributed by atoms with E-state index in [1.165, 1.54) is 0 Å². The highest BCUT2D eigenvalue weighted by atomic mass is 32.1. The van der Waals surface area contributed by atoms with E-state index in [1.54, 1.807) is 7.11 Å². The lowest BCUT2D eigenvalue weighted by atomic mass is 9.95. The summed E-state index contributed by atoms with van der Waals surface area (Å²) in [5.74, 6) is 0.611. The van der Waals surface area contributed by atoms with Gasteiger partial charge in [-0.2, -0.15) is 4.98 Å². The van der Waals surface area contributed by atoms with Crippen LogP contribution in [0.2, 0.25) is 0 Å². The zero-order chi connectivity index (χ0) is 13.3. The Morgan fingerprint density at radius 3 is 2.61 bits per heavy atom. The molecule has 2 aromatic rings. The van der Waals surface area contributed by atoms with Crippen LogP contribution in [0.4, 0.5) is 0 Å². The van der Waals surface area contributed by atoms with Crippen molar-refractivity contribution < 1.29 is 4.74 Å². The molecule has 2 aromatic heterocycles. The van der Waals surface area contributed by atoms with Gasteiger partial charge < -0.3 is 9.72 Å². The summed E-state index contributed by atoms with van der Waals surface area (Å²) >= 11 is 5.44. The number of hydrogen-bond donors (Lipinski definition) is 1. The first-order chi connectivity index (χ1) is 8.55. The lowest BCUT2D eigenvalue weighted by Crippen LogP contribution is -2.28. The quantitative estimate of drug-likeness (QED) is 0.858. The van der Waals surface area contributed by atoms with Crippen LogP contribution >= 0.6 is 12.2 Å². The Bertz CT molecular complexity index is 610. The second-order valence-corrected chi connectivity index (χ2v) is 5.08. The van der Waals surface area contributed by atoms with E-state index >= 15 is 0 Å². The van der Waals surface area contributed by atoms with Gasteiger partial charge >= 0.3 is 0 Å². The summed E-state index contributed by atoms with van der Waals surface area (Å²) in [5, 5.41) is 0. The smallest absolute Gasteiger partial charge is 0.215 e. The normalized spacial score (nSPS) is 12.0. The van der Waals surface area contributed by atoms with E-state index in [4.69, 9.17) is 17.0 Å². The maximum atomic E-state index is 5.44. The molecule has 0 aromatic carbocycles. The molecule has 0 saturated heterocycles. The maximum absolute atomic E-state index is 5.44. The second-order valence-electron chi connectivity index (χ2n) is 4.69. The summed E-state index contributed by atoms with van der Waals surface area (Å²) < 4.78 is 8.02. The molecule has 0 atom stereocenters. The van der Waals surface area contributed by atoms with Gasteiger partial charge in [0.1, 0.15) is 0 Å². The summed E-state index contributed by atoms with van der Waals surface area (Å²) in [4.78, 5) is 7.73. The van der Waals surface area contributed by atoms with E-state index in [9.17, 15) is 0 Å². The molecule has 0 aliphatic heterocycles. The van der Waals surface area contributed by atoms with Gasteiger partial charge in [0, 0.05) is 11.6 Å². The van der Waals surface area contributed by atoms with Gasteiger partial charge in [-0.1, -0.05) is 13.8 Å². The third-order valence-corrected chi connectivity index (χ3v) is 4.06. The molecule has 0 unspecified atom stereocenters. The van der Waals surface area contributed by atoms with E-state index in [0.717, 1.165) is 28.8 Å². The zero-order valence-electron chi connectivity index (χ0n) is 11.3. The number of nitrogens with zero attached hydrogens (tertiary/aromatic N) is 2. The molecule has 0 fully saturated rings. The average molecular weight is 265 g/mol. The van der Waals surface area contributed by atoms with Crippen molar-refractivity contribution in [3.63, 3.8) is 0 Å². The summed E-state index contributed by atoms with van der Waals surface area (Å²) in [6.07, 6.45) is 2.01. The molecule has 0 spiro atoms. The average Bonchev–Trinajstić information content (AvgIpc) is 2.73. The van der Waals surface area contributed by atoms with Gasteiger partial charge in [0.25, 0.3) is 0 Å². The van der Waals surface area contributed by atoms with Crippen molar-refractivity contribution in [2.24, 2.45) is 0 Å². The maximum Gasteiger partial charge on any atom is 0.215 e. The highest BCUT2D eigenvalue weighted by molar-refractivity contribution is 7.71. The van der Waals surface area contributed by atoms with E-state index in [2.05, 4.69) is 35.3 Å². The molecule has 2 rings (SSSR count). The number of aromatic amines is 1. The Balaban J connectivity index is 2.76. The number of methoxy groups -OCH3 is 1. The molecule has 98 valence electrons. The number of rotatable bonds is 4. The predicted octanol–water partition coefficient (Wildman–Crippen LogP) is 3.64. The minimum atomic E-state index is -0.0191. The minimum absolute atomic E-state index is 0.0191. The molecule has 1 N–H and O–H groups in total.